The first-order valence-electron chi connectivity index (χ1n) is 5.81. The van der Waals surface area contributed by atoms with E-state index in [0.29, 0.717) is 19.1 Å². The smallest absolute Gasteiger partial charge is 0.165 e. The second-order valence-electron chi connectivity index (χ2n) is 4.45. The monoisotopic (exact) mass is 259 g/mol. The van der Waals surface area contributed by atoms with E-state index >= 15 is 0 Å². The van der Waals surface area contributed by atoms with Gasteiger partial charge in [-0.05, 0) is 16.8 Å². The maximum absolute atomic E-state index is 11.2. The minimum Gasteiger partial charge on any atom is -0.308 e. The lowest BCUT2D eigenvalue weighted by atomic mass is 10.3. The largest absolute Gasteiger partial charge is 0.308 e. The van der Waals surface area contributed by atoms with E-state index in [1.807, 2.05) is 6.92 Å². The Morgan fingerprint density at radius 2 is 2.12 bits per heavy atom. The Labute approximate surface area is 105 Å². The van der Waals surface area contributed by atoms with Crippen molar-refractivity contribution in [1.29, 1.82) is 0 Å². The van der Waals surface area contributed by atoms with Crippen LogP contribution in [0, 0.1) is 0 Å². The molecule has 0 amide bonds. The van der Waals surface area contributed by atoms with Gasteiger partial charge >= 0.3 is 0 Å². The molecule has 1 rings (SSSR count). The van der Waals surface area contributed by atoms with Crippen LogP contribution in [0.3, 0.4) is 0 Å². The molecule has 17 heavy (non-hydrogen) atoms. The molecule has 1 heterocycles. The fourth-order valence-electron chi connectivity index (χ4n) is 1.29. The quantitative estimate of drug-likeness (QED) is 0.764. The molecular weight excluding hydrogens is 238 g/mol. The topological polar surface area (TPSA) is 72.7 Å². The third-order valence-electron chi connectivity index (χ3n) is 2.59. The average Bonchev–Trinajstić information content (AvgIpc) is 2.70. The third-order valence-corrected chi connectivity index (χ3v) is 3.96. The Morgan fingerprint density at radius 3 is 2.71 bits per heavy atom. The molecule has 0 saturated carbocycles. The molecule has 0 aliphatic carbocycles. The first-order chi connectivity index (χ1) is 8.00. The van der Waals surface area contributed by atoms with Gasteiger partial charge < -0.3 is 5.32 Å². The molecule has 0 radical (unpaired) electrons. The number of aromatic nitrogens is 4. The minimum atomic E-state index is -0.787. The first kappa shape index (κ1) is 14.2. The van der Waals surface area contributed by atoms with Crippen LogP contribution in [0.2, 0.25) is 0 Å². The van der Waals surface area contributed by atoms with Crippen LogP contribution in [-0.4, -0.2) is 42.0 Å². The molecule has 6 nitrogen and oxygen atoms in total. The van der Waals surface area contributed by atoms with Crippen molar-refractivity contribution in [3.63, 3.8) is 0 Å². The summed E-state index contributed by atoms with van der Waals surface area (Å²) in [6.07, 6.45) is 2.55. The van der Waals surface area contributed by atoms with Crippen molar-refractivity contribution in [2.75, 3.05) is 6.26 Å². The molecule has 98 valence electrons. The number of hydrogen-bond acceptors (Lipinski definition) is 5. The molecule has 0 fully saturated rings. The molecule has 1 aromatic heterocycles. The van der Waals surface area contributed by atoms with Gasteiger partial charge in [-0.1, -0.05) is 20.8 Å². The Balaban J connectivity index is 2.48. The highest BCUT2D eigenvalue weighted by atomic mass is 32.2. The van der Waals surface area contributed by atoms with Crippen LogP contribution in [0.15, 0.2) is 0 Å². The molecule has 0 saturated heterocycles. The van der Waals surface area contributed by atoms with Crippen LogP contribution in [0.25, 0.3) is 0 Å². The second kappa shape index (κ2) is 6.80. The van der Waals surface area contributed by atoms with E-state index in [4.69, 9.17) is 0 Å². The van der Waals surface area contributed by atoms with Crippen molar-refractivity contribution in [1.82, 2.24) is 25.5 Å². The van der Waals surface area contributed by atoms with E-state index in [-0.39, 0.29) is 5.25 Å². The molecule has 0 aliphatic rings. The maximum atomic E-state index is 11.2. The summed E-state index contributed by atoms with van der Waals surface area (Å²) >= 11 is 0. The fourth-order valence-corrected chi connectivity index (χ4v) is 1.73. The number of aryl methyl sites for hydroxylation is 1. The molecule has 2 unspecified atom stereocenters. The predicted octanol–water partition coefficient (Wildman–Crippen LogP) is 0.328. The van der Waals surface area contributed by atoms with Crippen molar-refractivity contribution >= 4 is 10.8 Å². The Hall–Kier alpha value is -0.820. The van der Waals surface area contributed by atoms with Gasteiger partial charge in [-0.15, -0.1) is 5.10 Å². The van der Waals surface area contributed by atoms with E-state index < -0.39 is 10.8 Å². The zero-order valence-corrected chi connectivity index (χ0v) is 11.7. The van der Waals surface area contributed by atoms with Crippen LogP contribution >= 0.6 is 0 Å². The van der Waals surface area contributed by atoms with Gasteiger partial charge in [-0.25, -0.2) is 4.68 Å². The van der Waals surface area contributed by atoms with Gasteiger partial charge in [0.05, 0.1) is 6.54 Å². The van der Waals surface area contributed by atoms with Crippen LogP contribution < -0.4 is 5.32 Å². The summed E-state index contributed by atoms with van der Waals surface area (Å²) in [5.74, 6) is 0.827. The molecule has 2 atom stereocenters. The van der Waals surface area contributed by atoms with Crippen LogP contribution in [-0.2, 0) is 23.9 Å². The van der Waals surface area contributed by atoms with E-state index in [1.165, 1.54) is 0 Å². The van der Waals surface area contributed by atoms with Gasteiger partial charge in [-0.3, -0.25) is 4.21 Å². The second-order valence-corrected chi connectivity index (χ2v) is 6.25. The van der Waals surface area contributed by atoms with Gasteiger partial charge in [0.1, 0.15) is 0 Å². The molecule has 1 N–H and O–H groups in total. The highest BCUT2D eigenvalue weighted by Crippen LogP contribution is 2.03. The van der Waals surface area contributed by atoms with E-state index in [9.17, 15) is 4.21 Å². The summed E-state index contributed by atoms with van der Waals surface area (Å²) in [5.41, 5.74) is 0. The van der Waals surface area contributed by atoms with E-state index in [0.717, 1.165) is 12.2 Å². The maximum Gasteiger partial charge on any atom is 0.165 e. The van der Waals surface area contributed by atoms with E-state index in [2.05, 4.69) is 34.7 Å². The molecular formula is C10H21N5OS. The standard InChI is InChI=1S/C10H21N5OS/c1-8(2)11-7-10-12-13-14-15(10)6-5-9(3)17(4)16/h8-9,11H,5-7H2,1-4H3. The number of nitrogens with zero attached hydrogens (tertiary/aromatic N) is 4. The van der Waals surface area contributed by atoms with Crippen LogP contribution in [0.4, 0.5) is 0 Å². The summed E-state index contributed by atoms with van der Waals surface area (Å²) in [7, 11) is -0.787. The average molecular weight is 259 g/mol. The summed E-state index contributed by atoms with van der Waals surface area (Å²) in [6.45, 7) is 7.51. The minimum absolute atomic E-state index is 0.171. The van der Waals surface area contributed by atoms with Crippen molar-refractivity contribution in [2.24, 2.45) is 0 Å². The lowest BCUT2D eigenvalue weighted by molar-refractivity contribution is 0.501. The Kier molecular flexibility index (Phi) is 5.70. The molecule has 0 bridgehead atoms. The summed E-state index contributed by atoms with van der Waals surface area (Å²) in [4.78, 5) is 0. The lowest BCUT2D eigenvalue weighted by Gasteiger charge is -2.10. The fraction of sp³-hybridized carbons (Fsp3) is 0.900. The van der Waals surface area contributed by atoms with E-state index in [1.54, 1.807) is 10.9 Å². The van der Waals surface area contributed by atoms with Gasteiger partial charge in [0.2, 0.25) is 0 Å². The lowest BCUT2D eigenvalue weighted by Crippen LogP contribution is -2.25. The number of tetrazole rings is 1. The summed E-state index contributed by atoms with van der Waals surface area (Å²) < 4.78 is 13.0. The van der Waals surface area contributed by atoms with Crippen molar-refractivity contribution in [3.8, 4) is 0 Å². The number of hydrogen-bond donors (Lipinski definition) is 1. The highest BCUT2D eigenvalue weighted by Gasteiger charge is 2.10. The third kappa shape index (κ3) is 4.91. The molecule has 7 heteroatoms. The first-order valence-corrected chi connectivity index (χ1v) is 7.43. The van der Waals surface area contributed by atoms with Crippen molar-refractivity contribution in [2.45, 2.75) is 51.6 Å². The molecule has 1 aromatic rings. The predicted molar refractivity (Wildman–Crippen MR) is 67.9 cm³/mol. The Morgan fingerprint density at radius 1 is 1.41 bits per heavy atom. The number of rotatable bonds is 7. The van der Waals surface area contributed by atoms with Gasteiger partial charge in [-0.2, -0.15) is 0 Å². The zero-order chi connectivity index (χ0) is 12.8. The van der Waals surface area contributed by atoms with Crippen LogP contribution in [0.1, 0.15) is 33.0 Å². The SMILES string of the molecule is CC(C)NCc1nnnn1CCC(C)S(C)=O. The zero-order valence-electron chi connectivity index (χ0n) is 10.9. The highest BCUT2D eigenvalue weighted by molar-refractivity contribution is 7.84. The van der Waals surface area contributed by atoms with Gasteiger partial charge in [0.25, 0.3) is 0 Å². The summed E-state index contributed by atoms with van der Waals surface area (Å²) in [5, 5.41) is 15.0. The normalized spacial score (nSPS) is 15.1. The van der Waals surface area contributed by atoms with Gasteiger partial charge in [0, 0.05) is 34.9 Å². The van der Waals surface area contributed by atoms with Crippen LogP contribution in [0.5, 0.6) is 0 Å². The number of nitrogens with one attached hydrogen (secondary N) is 1. The van der Waals surface area contributed by atoms with Gasteiger partial charge in [0.15, 0.2) is 5.82 Å². The molecule has 0 aliphatic heterocycles. The van der Waals surface area contributed by atoms with Crippen molar-refractivity contribution < 1.29 is 4.21 Å². The Bertz CT molecular complexity index is 365. The van der Waals surface area contributed by atoms with Crippen molar-refractivity contribution in [3.05, 3.63) is 5.82 Å². The molecule has 0 spiro atoms. The molecule has 0 aromatic carbocycles. The summed E-state index contributed by atoms with van der Waals surface area (Å²) in [6, 6.07) is 0.405.